The van der Waals surface area contributed by atoms with Gasteiger partial charge in [0.25, 0.3) is 5.91 Å². The third-order valence-electron chi connectivity index (χ3n) is 3.51. The Labute approximate surface area is 135 Å². The molecule has 22 heavy (non-hydrogen) atoms. The summed E-state index contributed by atoms with van der Waals surface area (Å²) in [5.41, 5.74) is 2.89. The number of rotatable bonds is 7. The summed E-state index contributed by atoms with van der Waals surface area (Å²) in [6.45, 7) is 1.09. The quantitative estimate of drug-likeness (QED) is 0.853. The summed E-state index contributed by atoms with van der Waals surface area (Å²) in [4.78, 5) is 14.4. The molecule has 5 heteroatoms. The van der Waals surface area contributed by atoms with Crippen LogP contribution < -0.4 is 5.32 Å². The van der Waals surface area contributed by atoms with Crippen molar-refractivity contribution in [3.05, 3.63) is 57.8 Å². The van der Waals surface area contributed by atoms with Gasteiger partial charge in [0.1, 0.15) is 0 Å². The van der Waals surface area contributed by atoms with Crippen LogP contribution in [0.1, 0.15) is 27.5 Å². The van der Waals surface area contributed by atoms with Crippen LogP contribution in [0.4, 0.5) is 0 Å². The highest BCUT2D eigenvalue weighted by atomic mass is 32.1. The summed E-state index contributed by atoms with van der Waals surface area (Å²) in [5.74, 6) is -0.0555. The Balaban J connectivity index is 2.00. The Morgan fingerprint density at radius 3 is 2.82 bits per heavy atom. The zero-order valence-electron chi connectivity index (χ0n) is 13.2. The van der Waals surface area contributed by atoms with Crippen LogP contribution >= 0.6 is 11.3 Å². The van der Waals surface area contributed by atoms with Crippen molar-refractivity contribution >= 4 is 17.2 Å². The Bertz CT molecular complexity index is 596. The van der Waals surface area contributed by atoms with Crippen molar-refractivity contribution in [1.82, 2.24) is 10.2 Å². The molecule has 1 aromatic carbocycles. The number of hydrogen-bond donors (Lipinski definition) is 1. The minimum absolute atomic E-state index is 0.0555. The van der Waals surface area contributed by atoms with E-state index in [1.54, 1.807) is 18.4 Å². The van der Waals surface area contributed by atoms with Gasteiger partial charge < -0.3 is 15.0 Å². The largest absolute Gasteiger partial charge is 0.380 e. The van der Waals surface area contributed by atoms with Crippen LogP contribution in [-0.4, -0.2) is 38.6 Å². The van der Waals surface area contributed by atoms with Gasteiger partial charge in [-0.2, -0.15) is 11.3 Å². The molecule has 0 unspecified atom stereocenters. The molecule has 0 aliphatic carbocycles. The smallest absolute Gasteiger partial charge is 0.251 e. The van der Waals surface area contributed by atoms with Crippen LogP contribution in [0, 0.1) is 0 Å². The van der Waals surface area contributed by atoms with Gasteiger partial charge >= 0.3 is 0 Å². The van der Waals surface area contributed by atoms with Gasteiger partial charge in [-0.05, 0) is 54.2 Å². The maximum Gasteiger partial charge on any atom is 0.251 e. The van der Waals surface area contributed by atoms with E-state index in [0.29, 0.717) is 18.7 Å². The number of thiophene rings is 1. The average molecular weight is 318 g/mol. The lowest BCUT2D eigenvalue weighted by molar-refractivity contribution is 0.0941. The highest BCUT2D eigenvalue weighted by molar-refractivity contribution is 7.07. The summed E-state index contributed by atoms with van der Waals surface area (Å²) in [7, 11) is 5.69. The summed E-state index contributed by atoms with van der Waals surface area (Å²) in [5, 5.41) is 7.20. The average Bonchev–Trinajstić information content (AvgIpc) is 3.01. The summed E-state index contributed by atoms with van der Waals surface area (Å²) < 4.78 is 5.10. The Morgan fingerprint density at radius 1 is 1.36 bits per heavy atom. The van der Waals surface area contributed by atoms with E-state index in [4.69, 9.17) is 4.74 Å². The molecule has 0 saturated heterocycles. The van der Waals surface area contributed by atoms with E-state index < -0.39 is 0 Å². The molecule has 0 saturated carbocycles. The Hall–Kier alpha value is -1.69. The fraction of sp³-hybridized carbons (Fsp3) is 0.353. The van der Waals surface area contributed by atoms with Gasteiger partial charge in [-0.1, -0.05) is 12.1 Å². The first-order valence-electron chi connectivity index (χ1n) is 7.16. The highest BCUT2D eigenvalue weighted by Gasteiger charge is 2.16. The third kappa shape index (κ3) is 4.40. The molecule has 0 spiro atoms. The molecule has 1 atom stereocenters. The minimum atomic E-state index is -0.0555. The number of methoxy groups -OCH3 is 1. The first-order valence-corrected chi connectivity index (χ1v) is 8.10. The number of likely N-dealkylation sites (N-methyl/N-ethyl adjacent to an activating group) is 1. The van der Waals surface area contributed by atoms with Crippen LogP contribution in [0.2, 0.25) is 0 Å². The number of carbonyl (C=O) groups is 1. The van der Waals surface area contributed by atoms with Gasteiger partial charge in [0.2, 0.25) is 0 Å². The first kappa shape index (κ1) is 16.7. The van der Waals surface area contributed by atoms with E-state index in [-0.39, 0.29) is 11.9 Å². The molecule has 0 radical (unpaired) electrons. The van der Waals surface area contributed by atoms with E-state index in [9.17, 15) is 4.79 Å². The normalized spacial score (nSPS) is 12.4. The SMILES string of the molecule is COCc1cccc(C(=O)NC[C@@H](c2ccsc2)N(C)C)c1. The van der Waals surface area contributed by atoms with Gasteiger partial charge in [0, 0.05) is 19.2 Å². The topological polar surface area (TPSA) is 41.6 Å². The number of benzene rings is 1. The molecule has 1 N–H and O–H groups in total. The number of ether oxygens (including phenoxy) is 1. The Kier molecular flexibility index (Phi) is 6.12. The predicted molar refractivity (Wildman–Crippen MR) is 90.2 cm³/mol. The molecule has 2 aromatic rings. The Morgan fingerprint density at radius 2 is 2.18 bits per heavy atom. The first-order chi connectivity index (χ1) is 10.6. The van der Waals surface area contributed by atoms with Crippen LogP contribution in [0.15, 0.2) is 41.1 Å². The van der Waals surface area contributed by atoms with Crippen LogP contribution in [0.3, 0.4) is 0 Å². The monoisotopic (exact) mass is 318 g/mol. The molecule has 1 aromatic heterocycles. The van der Waals surface area contributed by atoms with Crippen LogP contribution in [0.5, 0.6) is 0 Å². The van der Waals surface area contributed by atoms with Gasteiger partial charge in [0.15, 0.2) is 0 Å². The van der Waals surface area contributed by atoms with Crippen molar-refractivity contribution < 1.29 is 9.53 Å². The van der Waals surface area contributed by atoms with Crippen LogP contribution in [0.25, 0.3) is 0 Å². The van der Waals surface area contributed by atoms with E-state index >= 15 is 0 Å². The standard InChI is InChI=1S/C17H22N2O2S/c1-19(2)16(15-7-8-22-12-15)10-18-17(20)14-6-4-5-13(9-14)11-21-3/h4-9,12,16H,10-11H2,1-3H3,(H,18,20)/t16-/m0/s1. The molecule has 0 aliphatic rings. The molecule has 4 nitrogen and oxygen atoms in total. The number of nitrogens with zero attached hydrogens (tertiary/aromatic N) is 1. The van der Waals surface area contributed by atoms with Gasteiger partial charge in [-0.3, -0.25) is 4.79 Å². The summed E-state index contributed by atoms with van der Waals surface area (Å²) >= 11 is 1.67. The fourth-order valence-corrected chi connectivity index (χ4v) is 3.03. The van der Waals surface area contributed by atoms with Crippen molar-refractivity contribution in [3.63, 3.8) is 0 Å². The number of amides is 1. The number of hydrogen-bond acceptors (Lipinski definition) is 4. The molecular formula is C17H22N2O2S. The van der Waals surface area contributed by atoms with Crippen molar-refractivity contribution in [1.29, 1.82) is 0 Å². The molecule has 118 valence electrons. The summed E-state index contributed by atoms with van der Waals surface area (Å²) in [6, 6.07) is 9.80. The second-order valence-corrected chi connectivity index (χ2v) is 6.16. The molecule has 2 rings (SSSR count). The fourth-order valence-electron chi connectivity index (χ4n) is 2.32. The second kappa shape index (κ2) is 8.08. The van der Waals surface area contributed by atoms with E-state index in [0.717, 1.165) is 5.56 Å². The van der Waals surface area contributed by atoms with E-state index in [1.807, 2.05) is 38.4 Å². The van der Waals surface area contributed by atoms with E-state index in [2.05, 4.69) is 27.0 Å². The van der Waals surface area contributed by atoms with Crippen molar-refractivity contribution in [2.24, 2.45) is 0 Å². The zero-order chi connectivity index (χ0) is 15.9. The molecule has 0 bridgehead atoms. The third-order valence-corrected chi connectivity index (χ3v) is 4.21. The van der Waals surface area contributed by atoms with Crippen molar-refractivity contribution in [2.75, 3.05) is 27.7 Å². The predicted octanol–water partition coefficient (Wildman–Crippen LogP) is 2.93. The van der Waals surface area contributed by atoms with Gasteiger partial charge in [0.05, 0.1) is 12.6 Å². The molecule has 1 heterocycles. The maximum atomic E-state index is 12.3. The minimum Gasteiger partial charge on any atom is -0.380 e. The lowest BCUT2D eigenvalue weighted by atomic mass is 10.1. The molecule has 0 fully saturated rings. The van der Waals surface area contributed by atoms with Crippen LogP contribution in [-0.2, 0) is 11.3 Å². The van der Waals surface area contributed by atoms with Crippen molar-refractivity contribution in [3.8, 4) is 0 Å². The molecular weight excluding hydrogens is 296 g/mol. The lowest BCUT2D eigenvalue weighted by Gasteiger charge is -2.24. The molecule has 0 aliphatic heterocycles. The lowest BCUT2D eigenvalue weighted by Crippen LogP contribution is -2.34. The van der Waals surface area contributed by atoms with E-state index in [1.165, 1.54) is 5.56 Å². The maximum absolute atomic E-state index is 12.3. The number of carbonyl (C=O) groups excluding carboxylic acids is 1. The number of nitrogens with one attached hydrogen (secondary N) is 1. The van der Waals surface area contributed by atoms with Gasteiger partial charge in [-0.15, -0.1) is 0 Å². The summed E-state index contributed by atoms with van der Waals surface area (Å²) in [6.07, 6.45) is 0. The second-order valence-electron chi connectivity index (χ2n) is 5.38. The van der Waals surface area contributed by atoms with Gasteiger partial charge in [-0.25, -0.2) is 0 Å². The molecule has 1 amide bonds. The van der Waals surface area contributed by atoms with Crippen molar-refractivity contribution in [2.45, 2.75) is 12.6 Å². The zero-order valence-corrected chi connectivity index (χ0v) is 14.0. The highest BCUT2D eigenvalue weighted by Crippen LogP contribution is 2.20.